The first kappa shape index (κ1) is 29.9. The van der Waals surface area contributed by atoms with Gasteiger partial charge in [-0.05, 0) is 61.9 Å². The van der Waals surface area contributed by atoms with E-state index < -0.39 is 11.7 Å². The van der Waals surface area contributed by atoms with Gasteiger partial charge in [-0.1, -0.05) is 38.5 Å². The van der Waals surface area contributed by atoms with E-state index in [4.69, 9.17) is 14.5 Å². The van der Waals surface area contributed by atoms with E-state index in [1.165, 1.54) is 25.1 Å². The Bertz CT molecular complexity index is 1460. The maximum Gasteiger partial charge on any atom is 0.416 e. The van der Waals surface area contributed by atoms with Crippen LogP contribution >= 0.6 is 0 Å². The van der Waals surface area contributed by atoms with Crippen molar-refractivity contribution in [1.29, 1.82) is 0 Å². The predicted octanol–water partition coefficient (Wildman–Crippen LogP) is 7.72. The molecule has 1 saturated heterocycles. The van der Waals surface area contributed by atoms with E-state index in [2.05, 4.69) is 34.3 Å². The van der Waals surface area contributed by atoms with E-state index in [9.17, 15) is 13.2 Å². The van der Waals surface area contributed by atoms with Crippen LogP contribution in [0.1, 0.15) is 38.7 Å². The normalized spacial score (nSPS) is 14.9. The summed E-state index contributed by atoms with van der Waals surface area (Å²) in [6.45, 7) is 12.2. The highest BCUT2D eigenvalue weighted by Crippen LogP contribution is 2.34. The summed E-state index contributed by atoms with van der Waals surface area (Å²) in [7, 11) is 0. The number of hydrogen-bond donors (Lipinski definition) is 0. The van der Waals surface area contributed by atoms with Gasteiger partial charge in [-0.3, -0.25) is 4.90 Å². The third-order valence-corrected chi connectivity index (χ3v) is 7.63. The van der Waals surface area contributed by atoms with Crippen LogP contribution in [0.2, 0.25) is 0 Å². The SMILES string of the molecule is CCCCn1c(-c2cccc(Oc3cccc(C(F)(F)F)c3)c2)nc2ccc(OCCN3CCN(CCC)CC3)cc21. The molecule has 0 aliphatic carbocycles. The highest BCUT2D eigenvalue weighted by atomic mass is 19.4. The van der Waals surface area contributed by atoms with Crippen LogP contribution in [-0.2, 0) is 12.7 Å². The van der Waals surface area contributed by atoms with Crippen molar-refractivity contribution in [2.75, 3.05) is 45.9 Å². The van der Waals surface area contributed by atoms with Crippen LogP contribution < -0.4 is 9.47 Å². The molecule has 0 bridgehead atoms. The number of unbranched alkanes of at least 4 members (excludes halogenated alkanes) is 1. The van der Waals surface area contributed by atoms with Gasteiger partial charge in [0.2, 0.25) is 0 Å². The molecule has 1 aliphatic rings. The second kappa shape index (κ2) is 13.6. The van der Waals surface area contributed by atoms with Crippen LogP contribution in [0.25, 0.3) is 22.4 Å². The number of rotatable bonds is 12. The second-order valence-corrected chi connectivity index (χ2v) is 10.8. The van der Waals surface area contributed by atoms with Gasteiger partial charge >= 0.3 is 6.18 Å². The number of hydrogen-bond acceptors (Lipinski definition) is 5. The summed E-state index contributed by atoms with van der Waals surface area (Å²) in [5, 5.41) is 0. The molecule has 1 aromatic heterocycles. The molecule has 4 aromatic rings. The smallest absolute Gasteiger partial charge is 0.416 e. The topological polar surface area (TPSA) is 42.8 Å². The Morgan fingerprint density at radius 3 is 2.19 bits per heavy atom. The van der Waals surface area contributed by atoms with Crippen LogP contribution in [0.4, 0.5) is 13.2 Å². The Morgan fingerprint density at radius 2 is 1.48 bits per heavy atom. The number of aryl methyl sites for hydroxylation is 1. The summed E-state index contributed by atoms with van der Waals surface area (Å²) < 4.78 is 53.8. The van der Waals surface area contributed by atoms with E-state index in [0.29, 0.717) is 12.4 Å². The van der Waals surface area contributed by atoms with E-state index in [-0.39, 0.29) is 5.75 Å². The summed E-state index contributed by atoms with van der Waals surface area (Å²) in [6, 6.07) is 18.3. The number of halogens is 3. The first-order valence-corrected chi connectivity index (χ1v) is 14.9. The number of piperazine rings is 1. The lowest BCUT2D eigenvalue weighted by molar-refractivity contribution is -0.137. The van der Waals surface area contributed by atoms with Crippen molar-refractivity contribution in [3.8, 4) is 28.6 Å². The average molecular weight is 581 g/mol. The molecule has 0 radical (unpaired) electrons. The lowest BCUT2D eigenvalue weighted by atomic mass is 10.2. The molecule has 0 amide bonds. The zero-order valence-electron chi connectivity index (χ0n) is 24.4. The molecule has 0 unspecified atom stereocenters. The predicted molar refractivity (Wildman–Crippen MR) is 160 cm³/mol. The number of ether oxygens (including phenoxy) is 2. The van der Waals surface area contributed by atoms with Gasteiger partial charge in [-0.15, -0.1) is 0 Å². The van der Waals surface area contributed by atoms with Gasteiger partial charge in [0.1, 0.15) is 29.7 Å². The van der Waals surface area contributed by atoms with Gasteiger partial charge in [-0.2, -0.15) is 13.2 Å². The van der Waals surface area contributed by atoms with Crippen molar-refractivity contribution in [2.24, 2.45) is 0 Å². The zero-order chi connectivity index (χ0) is 29.5. The van der Waals surface area contributed by atoms with Crippen molar-refractivity contribution in [1.82, 2.24) is 19.4 Å². The standard InChI is InChI=1S/C33H39F3N4O2/c1-3-5-15-40-31-24-27(41-21-20-39-18-16-38(14-4-2)17-19-39)12-13-30(31)37-32(40)25-8-6-10-28(22-25)42-29-11-7-9-26(23-29)33(34,35)36/h6-13,22-24H,3-5,14-21H2,1-2H3. The van der Waals surface area contributed by atoms with Gasteiger partial charge in [0, 0.05) is 50.9 Å². The van der Waals surface area contributed by atoms with E-state index in [1.807, 2.05) is 30.3 Å². The third kappa shape index (κ3) is 7.44. The number of imidazole rings is 1. The molecule has 3 aromatic carbocycles. The average Bonchev–Trinajstić information content (AvgIpc) is 3.35. The fourth-order valence-corrected chi connectivity index (χ4v) is 5.37. The molecule has 2 heterocycles. The Labute approximate surface area is 245 Å². The molecule has 0 atom stereocenters. The molecule has 42 heavy (non-hydrogen) atoms. The number of alkyl halides is 3. The fraction of sp³-hybridized carbons (Fsp3) is 0.424. The fourth-order valence-electron chi connectivity index (χ4n) is 5.37. The Hall–Kier alpha value is -3.56. The molecule has 1 aliphatic heterocycles. The summed E-state index contributed by atoms with van der Waals surface area (Å²) in [4.78, 5) is 9.92. The van der Waals surface area contributed by atoms with Crippen molar-refractivity contribution < 1.29 is 22.6 Å². The largest absolute Gasteiger partial charge is 0.492 e. The maximum atomic E-state index is 13.2. The highest BCUT2D eigenvalue weighted by Gasteiger charge is 2.30. The number of aromatic nitrogens is 2. The molecule has 224 valence electrons. The molecule has 9 heteroatoms. The summed E-state index contributed by atoms with van der Waals surface area (Å²) in [5.74, 6) is 2.18. The Morgan fingerprint density at radius 1 is 0.762 bits per heavy atom. The van der Waals surface area contributed by atoms with Crippen LogP contribution in [0.15, 0.2) is 66.7 Å². The van der Waals surface area contributed by atoms with Gasteiger partial charge in [0.15, 0.2) is 0 Å². The molecular weight excluding hydrogens is 541 g/mol. The Kier molecular flexibility index (Phi) is 9.69. The minimum Gasteiger partial charge on any atom is -0.492 e. The van der Waals surface area contributed by atoms with Gasteiger partial charge < -0.3 is 18.9 Å². The first-order chi connectivity index (χ1) is 20.3. The Balaban J connectivity index is 1.32. The molecule has 5 rings (SSSR count). The monoisotopic (exact) mass is 580 g/mol. The number of benzene rings is 3. The van der Waals surface area contributed by atoms with Gasteiger partial charge in [-0.25, -0.2) is 4.98 Å². The van der Waals surface area contributed by atoms with Gasteiger partial charge in [0.25, 0.3) is 0 Å². The quantitative estimate of drug-likeness (QED) is 0.172. The number of nitrogens with zero attached hydrogens (tertiary/aromatic N) is 4. The van der Waals surface area contributed by atoms with Gasteiger partial charge in [0.05, 0.1) is 16.6 Å². The summed E-state index contributed by atoms with van der Waals surface area (Å²) >= 11 is 0. The minimum atomic E-state index is -4.43. The maximum absolute atomic E-state index is 13.2. The summed E-state index contributed by atoms with van der Waals surface area (Å²) in [6.07, 6.45) is -1.23. The first-order valence-electron chi connectivity index (χ1n) is 14.9. The van der Waals surface area contributed by atoms with E-state index >= 15 is 0 Å². The van der Waals surface area contributed by atoms with Crippen LogP contribution in [0, 0.1) is 0 Å². The summed E-state index contributed by atoms with van der Waals surface area (Å²) in [5.41, 5.74) is 1.94. The van der Waals surface area contributed by atoms with E-state index in [0.717, 1.165) is 92.4 Å². The number of fused-ring (bicyclic) bond motifs is 1. The van der Waals surface area contributed by atoms with Crippen molar-refractivity contribution in [3.05, 3.63) is 72.3 Å². The highest BCUT2D eigenvalue weighted by molar-refractivity contribution is 5.82. The molecule has 0 spiro atoms. The lowest BCUT2D eigenvalue weighted by Crippen LogP contribution is -2.47. The molecule has 0 saturated carbocycles. The van der Waals surface area contributed by atoms with Crippen molar-refractivity contribution >= 4 is 11.0 Å². The van der Waals surface area contributed by atoms with E-state index in [1.54, 1.807) is 6.07 Å². The molecule has 1 fully saturated rings. The lowest BCUT2D eigenvalue weighted by Gasteiger charge is -2.34. The zero-order valence-corrected chi connectivity index (χ0v) is 24.4. The van der Waals surface area contributed by atoms with Crippen molar-refractivity contribution in [2.45, 2.75) is 45.8 Å². The molecule has 6 nitrogen and oxygen atoms in total. The minimum absolute atomic E-state index is 0.131. The third-order valence-electron chi connectivity index (χ3n) is 7.63. The molecule has 0 N–H and O–H groups in total. The van der Waals surface area contributed by atoms with Crippen molar-refractivity contribution in [3.63, 3.8) is 0 Å². The van der Waals surface area contributed by atoms with Crippen LogP contribution in [0.5, 0.6) is 17.2 Å². The molecular formula is C33H39F3N4O2. The van der Waals surface area contributed by atoms with Crippen LogP contribution in [-0.4, -0.2) is 65.2 Å². The second-order valence-electron chi connectivity index (χ2n) is 10.8. The van der Waals surface area contributed by atoms with Crippen LogP contribution in [0.3, 0.4) is 0 Å².